The molecule has 1 aliphatic carbocycles. The minimum absolute atomic E-state index is 0.740. The van der Waals surface area contributed by atoms with Gasteiger partial charge in [0.05, 0.1) is 18.4 Å². The number of aryl methyl sites for hydroxylation is 1. The van der Waals surface area contributed by atoms with Crippen LogP contribution in [0.2, 0.25) is 0 Å². The van der Waals surface area contributed by atoms with Gasteiger partial charge in [-0.05, 0) is 18.9 Å². The van der Waals surface area contributed by atoms with E-state index in [0.717, 1.165) is 24.8 Å². The maximum atomic E-state index is 4.35. The van der Waals surface area contributed by atoms with Crippen LogP contribution in [0, 0.1) is 0 Å². The molecule has 5 nitrogen and oxygen atoms in total. The number of nitrogens with one attached hydrogen (secondary N) is 1. The summed E-state index contributed by atoms with van der Waals surface area (Å²) in [6.45, 7) is 1.66. The second-order valence-electron chi connectivity index (χ2n) is 4.68. The molecule has 5 heteroatoms. The molecular weight excluding hydrogens is 214 g/mol. The number of hydrogen-bond acceptors (Lipinski definition) is 3. The predicted octanol–water partition coefficient (Wildman–Crippen LogP) is 0.917. The van der Waals surface area contributed by atoms with E-state index in [9.17, 15) is 0 Å². The molecule has 1 saturated carbocycles. The van der Waals surface area contributed by atoms with Crippen molar-refractivity contribution in [2.75, 3.05) is 0 Å². The fraction of sp³-hybridized carbons (Fsp3) is 0.500. The molecule has 0 radical (unpaired) electrons. The van der Waals surface area contributed by atoms with Gasteiger partial charge in [-0.25, -0.2) is 0 Å². The van der Waals surface area contributed by atoms with Crippen LogP contribution in [-0.4, -0.2) is 25.6 Å². The summed E-state index contributed by atoms with van der Waals surface area (Å²) >= 11 is 0. The van der Waals surface area contributed by atoms with E-state index in [1.165, 1.54) is 18.4 Å². The zero-order chi connectivity index (χ0) is 11.7. The van der Waals surface area contributed by atoms with E-state index in [4.69, 9.17) is 0 Å². The Balaban J connectivity index is 1.59. The van der Waals surface area contributed by atoms with E-state index in [2.05, 4.69) is 21.7 Å². The molecule has 1 N–H and O–H groups in total. The van der Waals surface area contributed by atoms with Gasteiger partial charge >= 0.3 is 0 Å². The van der Waals surface area contributed by atoms with Gasteiger partial charge in [0, 0.05) is 37.6 Å². The fourth-order valence-corrected chi connectivity index (χ4v) is 1.85. The highest BCUT2D eigenvalue weighted by molar-refractivity contribution is 5.06. The molecule has 90 valence electrons. The van der Waals surface area contributed by atoms with Crippen LogP contribution in [0.5, 0.6) is 0 Å². The predicted molar refractivity (Wildman–Crippen MR) is 64.4 cm³/mol. The molecule has 0 aromatic carbocycles. The summed E-state index contributed by atoms with van der Waals surface area (Å²) < 4.78 is 3.75. The van der Waals surface area contributed by atoms with Crippen LogP contribution in [0.25, 0.3) is 0 Å². The SMILES string of the molecule is Cn1ccc(Cn2cc(CNC3CC3)cn2)n1. The lowest BCUT2D eigenvalue weighted by molar-refractivity contribution is 0.647. The van der Waals surface area contributed by atoms with Crippen molar-refractivity contribution in [3.63, 3.8) is 0 Å². The average molecular weight is 231 g/mol. The Kier molecular flexibility index (Phi) is 2.68. The van der Waals surface area contributed by atoms with Crippen molar-refractivity contribution < 1.29 is 0 Å². The van der Waals surface area contributed by atoms with E-state index in [0.29, 0.717) is 0 Å². The molecule has 3 rings (SSSR count). The summed E-state index contributed by atoms with van der Waals surface area (Å²) in [5.74, 6) is 0. The summed E-state index contributed by atoms with van der Waals surface area (Å²) in [4.78, 5) is 0. The van der Waals surface area contributed by atoms with Gasteiger partial charge < -0.3 is 5.32 Å². The summed E-state index contributed by atoms with van der Waals surface area (Å²) in [5, 5.41) is 12.2. The van der Waals surface area contributed by atoms with Gasteiger partial charge in [0.15, 0.2) is 0 Å². The third-order valence-electron chi connectivity index (χ3n) is 2.95. The Labute approximate surface area is 100 Å². The number of rotatable bonds is 5. The maximum Gasteiger partial charge on any atom is 0.0849 e. The topological polar surface area (TPSA) is 47.7 Å². The second-order valence-corrected chi connectivity index (χ2v) is 4.68. The molecular formula is C12H17N5. The molecule has 0 atom stereocenters. The first-order valence-corrected chi connectivity index (χ1v) is 6.03. The van der Waals surface area contributed by atoms with Crippen LogP contribution in [-0.2, 0) is 20.1 Å². The minimum Gasteiger partial charge on any atom is -0.310 e. The van der Waals surface area contributed by atoms with Crippen LogP contribution in [0.1, 0.15) is 24.1 Å². The highest BCUT2D eigenvalue weighted by Gasteiger charge is 2.20. The Morgan fingerprint density at radius 1 is 1.47 bits per heavy atom. The first kappa shape index (κ1) is 10.5. The summed E-state index contributed by atoms with van der Waals surface area (Å²) in [6, 6.07) is 2.76. The van der Waals surface area contributed by atoms with Gasteiger partial charge in [-0.1, -0.05) is 0 Å². The molecule has 0 unspecified atom stereocenters. The van der Waals surface area contributed by atoms with Crippen molar-refractivity contribution >= 4 is 0 Å². The van der Waals surface area contributed by atoms with Gasteiger partial charge in [-0.2, -0.15) is 10.2 Å². The number of hydrogen-bond donors (Lipinski definition) is 1. The molecule has 2 aromatic rings. The Morgan fingerprint density at radius 3 is 3.06 bits per heavy atom. The van der Waals surface area contributed by atoms with Crippen LogP contribution >= 0.6 is 0 Å². The van der Waals surface area contributed by atoms with Crippen molar-refractivity contribution in [2.45, 2.75) is 32.0 Å². The van der Waals surface area contributed by atoms with Crippen molar-refractivity contribution in [1.82, 2.24) is 24.9 Å². The standard InChI is InChI=1S/C12H17N5/c1-16-5-4-12(15-16)9-17-8-10(7-14-17)6-13-11-2-3-11/h4-5,7-8,11,13H,2-3,6,9H2,1H3. The van der Waals surface area contributed by atoms with Crippen LogP contribution in [0.4, 0.5) is 0 Å². The van der Waals surface area contributed by atoms with E-state index < -0.39 is 0 Å². The van der Waals surface area contributed by atoms with E-state index in [-0.39, 0.29) is 0 Å². The molecule has 0 spiro atoms. The molecule has 0 amide bonds. The lowest BCUT2D eigenvalue weighted by Crippen LogP contribution is -2.14. The molecule has 1 aliphatic rings. The van der Waals surface area contributed by atoms with Crippen molar-refractivity contribution in [2.24, 2.45) is 7.05 Å². The van der Waals surface area contributed by atoms with Crippen molar-refractivity contribution in [3.8, 4) is 0 Å². The highest BCUT2D eigenvalue weighted by atomic mass is 15.3. The van der Waals surface area contributed by atoms with E-state index in [1.807, 2.05) is 34.9 Å². The molecule has 2 aromatic heterocycles. The Bertz CT molecular complexity index is 494. The Hall–Kier alpha value is -1.62. The largest absolute Gasteiger partial charge is 0.310 e. The van der Waals surface area contributed by atoms with Gasteiger partial charge in [-0.15, -0.1) is 0 Å². The molecule has 0 aliphatic heterocycles. The third-order valence-corrected chi connectivity index (χ3v) is 2.95. The zero-order valence-electron chi connectivity index (χ0n) is 10.0. The summed E-state index contributed by atoms with van der Waals surface area (Å²) in [7, 11) is 1.93. The summed E-state index contributed by atoms with van der Waals surface area (Å²) in [6.07, 6.45) is 8.61. The van der Waals surface area contributed by atoms with Crippen molar-refractivity contribution in [3.05, 3.63) is 35.9 Å². The first-order chi connectivity index (χ1) is 8.29. The summed E-state index contributed by atoms with van der Waals surface area (Å²) in [5.41, 5.74) is 2.28. The monoisotopic (exact) mass is 231 g/mol. The fourth-order valence-electron chi connectivity index (χ4n) is 1.85. The van der Waals surface area contributed by atoms with Crippen molar-refractivity contribution in [1.29, 1.82) is 0 Å². The van der Waals surface area contributed by atoms with Gasteiger partial charge in [-0.3, -0.25) is 9.36 Å². The van der Waals surface area contributed by atoms with Gasteiger partial charge in [0.1, 0.15) is 0 Å². The van der Waals surface area contributed by atoms with Crippen LogP contribution in [0.15, 0.2) is 24.7 Å². The van der Waals surface area contributed by atoms with Crippen LogP contribution < -0.4 is 5.32 Å². The minimum atomic E-state index is 0.740. The second kappa shape index (κ2) is 4.33. The normalized spacial score (nSPS) is 15.4. The smallest absolute Gasteiger partial charge is 0.0849 e. The maximum absolute atomic E-state index is 4.35. The van der Waals surface area contributed by atoms with Gasteiger partial charge in [0.2, 0.25) is 0 Å². The first-order valence-electron chi connectivity index (χ1n) is 6.03. The lowest BCUT2D eigenvalue weighted by Gasteiger charge is -1.99. The Morgan fingerprint density at radius 2 is 2.35 bits per heavy atom. The van der Waals surface area contributed by atoms with Gasteiger partial charge in [0.25, 0.3) is 0 Å². The van der Waals surface area contributed by atoms with E-state index in [1.54, 1.807) is 0 Å². The molecule has 2 heterocycles. The molecule has 0 saturated heterocycles. The molecule has 1 fully saturated rings. The zero-order valence-corrected chi connectivity index (χ0v) is 10.0. The lowest BCUT2D eigenvalue weighted by atomic mass is 10.3. The average Bonchev–Trinajstić information content (AvgIpc) is 2.90. The molecule has 17 heavy (non-hydrogen) atoms. The highest BCUT2D eigenvalue weighted by Crippen LogP contribution is 2.19. The van der Waals surface area contributed by atoms with Crippen LogP contribution in [0.3, 0.4) is 0 Å². The van der Waals surface area contributed by atoms with E-state index >= 15 is 0 Å². The number of nitrogens with zero attached hydrogens (tertiary/aromatic N) is 4. The quantitative estimate of drug-likeness (QED) is 0.832. The third kappa shape index (κ3) is 2.74. The molecule has 0 bridgehead atoms. The number of aromatic nitrogens is 4.